The van der Waals surface area contributed by atoms with Crippen LogP contribution in [0, 0.1) is 0 Å². The molecule has 18 heteroatoms. The van der Waals surface area contributed by atoms with Crippen molar-refractivity contribution in [2.75, 3.05) is 0 Å². The van der Waals surface area contributed by atoms with Crippen molar-refractivity contribution in [1.82, 2.24) is 0 Å². The van der Waals surface area contributed by atoms with Gasteiger partial charge in [-0.3, -0.25) is 4.79 Å². The van der Waals surface area contributed by atoms with Gasteiger partial charge in [0.1, 0.15) is 0 Å². The number of carboxylic acid groups (broad SMARTS) is 2. The fourth-order valence-corrected chi connectivity index (χ4v) is 2.56. The van der Waals surface area contributed by atoms with Crippen LogP contribution in [-0.2, 0) is 34.0 Å². The average molecular weight is 661 g/mol. The van der Waals surface area contributed by atoms with Crippen molar-refractivity contribution < 1.29 is 176 Å². The third kappa shape index (κ3) is 16.0. The number of benzene rings is 2. The Morgan fingerprint density at radius 1 is 0.892 bits per heavy atom. The average Bonchev–Trinajstić information content (AvgIpc) is 2.77. The van der Waals surface area contributed by atoms with Gasteiger partial charge in [0, 0.05) is 5.33 Å². The third-order valence-corrected chi connectivity index (χ3v) is 4.26. The summed E-state index contributed by atoms with van der Waals surface area (Å²) in [4.78, 5) is 32.3. The molecule has 0 saturated heterocycles. The van der Waals surface area contributed by atoms with E-state index in [1.54, 1.807) is 0 Å². The van der Waals surface area contributed by atoms with Crippen LogP contribution in [0.15, 0.2) is 36.4 Å². The number of alkyl halides is 7. The molecule has 0 aliphatic carbocycles. The minimum atomic E-state index is -4.74. The number of halogens is 7. The molecule has 0 amide bonds. The minimum absolute atomic E-state index is 0. The van der Waals surface area contributed by atoms with Crippen LogP contribution in [0.1, 0.15) is 44.4 Å². The van der Waals surface area contributed by atoms with Crippen LogP contribution in [0.3, 0.4) is 0 Å². The molecule has 0 aromatic heterocycles. The quantitative estimate of drug-likeness (QED) is 0.0756. The summed E-state index contributed by atoms with van der Waals surface area (Å²) < 4.78 is 74.5. The third-order valence-electron chi connectivity index (χ3n) is 3.62. The number of aromatic carboxylic acids is 2. The molecule has 2 aromatic rings. The van der Waals surface area contributed by atoms with Gasteiger partial charge < -0.3 is 32.4 Å². The molecule has 2 aromatic carbocycles. The van der Waals surface area contributed by atoms with Crippen molar-refractivity contribution in [2.45, 2.75) is 24.3 Å². The van der Waals surface area contributed by atoms with E-state index in [1.165, 1.54) is 6.07 Å². The molecular formula is C19H17BrF6K2O9. The van der Waals surface area contributed by atoms with E-state index >= 15 is 0 Å². The molecule has 0 unspecified atom stereocenters. The molecule has 37 heavy (non-hydrogen) atoms. The maximum Gasteiger partial charge on any atom is 1.00 e. The number of aliphatic hydroxyl groups excluding tert-OH is 1. The first-order chi connectivity index (χ1) is 15.6. The summed E-state index contributed by atoms with van der Waals surface area (Å²) in [6, 6.07) is 5.73. The zero-order valence-electron chi connectivity index (χ0n) is 20.0. The number of carbonyl (C=O) groups is 3. The van der Waals surface area contributed by atoms with Crippen LogP contribution < -0.4 is 108 Å². The van der Waals surface area contributed by atoms with Gasteiger partial charge in [-0.2, -0.15) is 26.3 Å². The van der Waals surface area contributed by atoms with Crippen LogP contribution in [0.5, 0.6) is 0 Å². The molecule has 0 aliphatic rings. The van der Waals surface area contributed by atoms with Gasteiger partial charge in [0.15, 0.2) is 0 Å². The topological polar surface area (TPSA) is 176 Å². The molecule has 0 heterocycles. The second-order valence-corrected chi connectivity index (χ2v) is 6.41. The van der Waals surface area contributed by atoms with Crippen LogP contribution in [0.25, 0.3) is 0 Å². The molecule has 9 nitrogen and oxygen atoms in total. The van der Waals surface area contributed by atoms with Crippen molar-refractivity contribution in [1.29, 1.82) is 0 Å². The van der Waals surface area contributed by atoms with Crippen molar-refractivity contribution in [3.05, 3.63) is 69.8 Å². The van der Waals surface area contributed by atoms with Crippen molar-refractivity contribution >= 4 is 34.3 Å². The van der Waals surface area contributed by atoms with Gasteiger partial charge in [-0.1, -0.05) is 28.1 Å². The maximum absolute atomic E-state index is 12.4. The molecular weight excluding hydrogens is 644 g/mol. The van der Waals surface area contributed by atoms with Gasteiger partial charge in [0.25, 0.3) is 6.47 Å². The molecule has 0 aliphatic heterocycles. The van der Waals surface area contributed by atoms with Crippen molar-refractivity contribution in [2.24, 2.45) is 0 Å². The van der Waals surface area contributed by atoms with E-state index in [9.17, 15) is 35.9 Å². The number of hydrogen-bond acceptors (Lipinski definition) is 6. The summed E-state index contributed by atoms with van der Waals surface area (Å²) >= 11 is 3.01. The normalized spacial score (nSPS) is 9.86. The van der Waals surface area contributed by atoms with Crippen molar-refractivity contribution in [3.63, 3.8) is 0 Å². The number of carbonyl (C=O) groups excluding carboxylic acids is 1. The van der Waals surface area contributed by atoms with Crippen LogP contribution in [0.4, 0.5) is 26.3 Å². The molecule has 0 radical (unpaired) electrons. The summed E-state index contributed by atoms with van der Waals surface area (Å²) in [6.07, 6.45) is -9.38. The summed E-state index contributed by atoms with van der Waals surface area (Å²) in [6.45, 7) is -0.747. The smallest absolute Gasteiger partial charge is 1.00 e. The van der Waals surface area contributed by atoms with Gasteiger partial charge in [-0.05, 0) is 35.4 Å². The second kappa shape index (κ2) is 20.9. The number of hydrogen-bond donors (Lipinski definition) is 3. The predicted octanol–water partition coefficient (Wildman–Crippen LogP) is -3.08. The molecule has 0 fully saturated rings. The summed E-state index contributed by atoms with van der Waals surface area (Å²) in [5.41, 5.74) is -3.51. The Kier molecular flexibility index (Phi) is 24.9. The Labute approximate surface area is 299 Å². The minimum Gasteiger partial charge on any atom is -1.00 e. The SMILES string of the molecule is O.O=C(O)c1ccc(CBr)cc1C(F)(F)F.O=C(O)c1ccc(CO)cc1C(F)(F)F.O=CO[O-].[H-].[K+].[K+]. The molecule has 0 bridgehead atoms. The first kappa shape index (κ1) is 44.1. The second-order valence-electron chi connectivity index (χ2n) is 5.85. The number of rotatable bonds is 5. The summed E-state index contributed by atoms with van der Waals surface area (Å²) in [7, 11) is 0. The maximum atomic E-state index is 12.4. The zero-order chi connectivity index (χ0) is 26.7. The van der Waals surface area contributed by atoms with Gasteiger partial charge in [-0.15, -0.1) is 0 Å². The Balaban J connectivity index is -0.000000153. The Bertz CT molecular complexity index is 936. The summed E-state index contributed by atoms with van der Waals surface area (Å²) in [5.74, 6) is -3.23. The Morgan fingerprint density at radius 2 is 1.22 bits per heavy atom. The molecule has 0 spiro atoms. The van der Waals surface area contributed by atoms with Gasteiger partial charge in [0.2, 0.25) is 0 Å². The van der Waals surface area contributed by atoms with Gasteiger partial charge in [-0.25, -0.2) is 9.59 Å². The molecule has 0 saturated carbocycles. The first-order valence-electron chi connectivity index (χ1n) is 8.39. The first-order valence-corrected chi connectivity index (χ1v) is 9.52. The van der Waals surface area contributed by atoms with Gasteiger partial charge in [0.05, 0.1) is 28.9 Å². The Morgan fingerprint density at radius 3 is 1.46 bits per heavy atom. The standard InChI is InChI=1S/C9H6BrF3O2.C9H7F3O3.CH2O3.2K.H2O.H/c10-4-5-1-2-6(8(14)15)7(3-5)9(11,12)13;10-9(11,12)7-3-5(4-13)1-2-6(7)8(14)15;2-1-4-3;;;;/h1-3H,4H2,(H,14,15);1-3,13H,4H2,(H,14,15);1,3H;;;1H2;/q;;;2*+1;;-1/p-1. The number of aliphatic hydroxyl groups is 1. The van der Waals surface area contributed by atoms with E-state index in [1.807, 2.05) is 0 Å². The fourth-order valence-electron chi connectivity index (χ4n) is 2.21. The Hall–Kier alpha value is 0.0627. The molecule has 0 atom stereocenters. The fraction of sp³-hybridized carbons (Fsp3) is 0.211. The monoisotopic (exact) mass is 660 g/mol. The molecule has 2 rings (SSSR count). The van der Waals surface area contributed by atoms with E-state index in [4.69, 9.17) is 25.4 Å². The summed E-state index contributed by atoms with van der Waals surface area (Å²) in [5, 5.41) is 34.4. The van der Waals surface area contributed by atoms with E-state index in [2.05, 4.69) is 20.8 Å². The van der Waals surface area contributed by atoms with E-state index in [-0.39, 0.29) is 127 Å². The molecule has 5 N–H and O–H groups in total. The van der Waals surface area contributed by atoms with Gasteiger partial charge >= 0.3 is 127 Å². The van der Waals surface area contributed by atoms with E-state index in [0.717, 1.165) is 24.3 Å². The van der Waals surface area contributed by atoms with Crippen LogP contribution >= 0.6 is 15.9 Å². The van der Waals surface area contributed by atoms with E-state index < -0.39 is 53.2 Å². The predicted molar refractivity (Wildman–Crippen MR) is 107 cm³/mol. The number of carboxylic acids is 2. The van der Waals surface area contributed by atoms with Crippen molar-refractivity contribution in [3.8, 4) is 0 Å². The van der Waals surface area contributed by atoms with Crippen LogP contribution in [0.2, 0.25) is 0 Å². The largest absolute Gasteiger partial charge is 1.00 e. The molecule has 198 valence electrons. The zero-order valence-corrected chi connectivity index (χ0v) is 26.8. The van der Waals surface area contributed by atoms with Crippen LogP contribution in [-0.4, -0.2) is 39.2 Å². The van der Waals surface area contributed by atoms with E-state index in [0.29, 0.717) is 11.6 Å².